The number of rotatable bonds is 3. The van der Waals surface area contributed by atoms with E-state index in [9.17, 15) is 4.79 Å². The first kappa shape index (κ1) is 12.4. The lowest BCUT2D eigenvalue weighted by Gasteiger charge is -2.03. The Morgan fingerprint density at radius 3 is 2.78 bits per heavy atom. The Kier molecular flexibility index (Phi) is 3.83. The zero-order chi connectivity index (χ0) is 13.0. The summed E-state index contributed by atoms with van der Waals surface area (Å²) in [5, 5.41) is 7.73. The Bertz CT molecular complexity index is 525. The summed E-state index contributed by atoms with van der Waals surface area (Å²) < 4.78 is 0. The van der Waals surface area contributed by atoms with Gasteiger partial charge in [0, 0.05) is 17.8 Å². The second-order valence-corrected chi connectivity index (χ2v) is 4.76. The van der Waals surface area contributed by atoms with Gasteiger partial charge in [-0.25, -0.2) is 14.8 Å². The van der Waals surface area contributed by atoms with Crippen molar-refractivity contribution in [2.45, 2.75) is 19.8 Å². The summed E-state index contributed by atoms with van der Waals surface area (Å²) in [6, 6.07) is -0.375. The van der Waals surface area contributed by atoms with Crippen LogP contribution in [0.4, 0.5) is 15.7 Å². The lowest BCUT2D eigenvalue weighted by atomic mass is 10.2. The molecule has 0 spiro atoms. The highest BCUT2D eigenvalue weighted by Gasteiger charge is 2.09. The van der Waals surface area contributed by atoms with Crippen LogP contribution in [0.1, 0.15) is 25.5 Å². The van der Waals surface area contributed by atoms with E-state index in [1.54, 1.807) is 6.20 Å². The number of hydrogen-bond acceptors (Lipinski definition) is 5. The molecule has 2 rings (SSSR count). The van der Waals surface area contributed by atoms with Gasteiger partial charge in [-0.3, -0.25) is 15.6 Å². The van der Waals surface area contributed by atoms with Crippen molar-refractivity contribution in [3.63, 3.8) is 0 Å². The molecule has 0 aliphatic rings. The molecule has 18 heavy (non-hydrogen) atoms. The maximum atomic E-state index is 11.6. The Labute approximate surface area is 109 Å². The molecular weight excluding hydrogens is 250 g/mol. The predicted octanol–water partition coefficient (Wildman–Crippen LogP) is 2.70. The number of nitrogens with one attached hydrogen (secondary N) is 2. The average Bonchev–Trinajstić information content (AvgIpc) is 2.78. The van der Waals surface area contributed by atoms with Gasteiger partial charge in [-0.2, -0.15) is 0 Å². The number of anilines is 2. The number of aromatic nitrogens is 3. The standard InChI is InChI=1S/C11H13N5OS/c1-7(2)8-6-18-11(14-8)16-10(17)15-9-5-12-3-4-13-9/h3-7H,1-2H3,(H2,13,14,15,16,17). The maximum absolute atomic E-state index is 11.6. The van der Waals surface area contributed by atoms with Crippen LogP contribution < -0.4 is 10.6 Å². The molecule has 0 aromatic carbocycles. The summed E-state index contributed by atoms with van der Waals surface area (Å²) in [6.45, 7) is 4.11. The van der Waals surface area contributed by atoms with E-state index < -0.39 is 0 Å². The first-order chi connectivity index (χ1) is 8.65. The number of thiazole rings is 1. The van der Waals surface area contributed by atoms with E-state index in [4.69, 9.17) is 0 Å². The summed E-state index contributed by atoms with van der Waals surface area (Å²) in [4.78, 5) is 23.7. The fraction of sp³-hybridized carbons (Fsp3) is 0.273. The van der Waals surface area contributed by atoms with Gasteiger partial charge in [0.2, 0.25) is 0 Å². The normalized spacial score (nSPS) is 10.4. The predicted molar refractivity (Wildman–Crippen MR) is 70.9 cm³/mol. The zero-order valence-corrected chi connectivity index (χ0v) is 10.9. The quantitative estimate of drug-likeness (QED) is 0.892. The van der Waals surface area contributed by atoms with E-state index in [0.717, 1.165) is 5.69 Å². The smallest absolute Gasteiger partial charge is 0.291 e. The Hall–Kier alpha value is -2.02. The molecule has 0 aliphatic carbocycles. The molecule has 2 heterocycles. The van der Waals surface area contributed by atoms with E-state index in [2.05, 4.69) is 39.4 Å². The molecule has 94 valence electrons. The molecule has 2 amide bonds. The molecule has 2 aromatic rings. The van der Waals surface area contributed by atoms with Crippen molar-refractivity contribution in [1.82, 2.24) is 15.0 Å². The second kappa shape index (κ2) is 5.54. The van der Waals surface area contributed by atoms with Crippen molar-refractivity contribution >= 4 is 28.3 Å². The minimum absolute atomic E-state index is 0.347. The van der Waals surface area contributed by atoms with Gasteiger partial charge in [0.25, 0.3) is 0 Å². The van der Waals surface area contributed by atoms with Crippen molar-refractivity contribution in [1.29, 1.82) is 0 Å². The van der Waals surface area contributed by atoms with Gasteiger partial charge in [0.15, 0.2) is 10.9 Å². The van der Waals surface area contributed by atoms with Gasteiger partial charge in [0.1, 0.15) is 0 Å². The molecule has 0 fully saturated rings. The summed E-state index contributed by atoms with van der Waals surface area (Å²) in [6.07, 6.45) is 4.52. The van der Waals surface area contributed by atoms with Gasteiger partial charge in [-0.15, -0.1) is 11.3 Å². The molecule has 2 aromatic heterocycles. The highest BCUT2D eigenvalue weighted by Crippen LogP contribution is 2.21. The largest absolute Gasteiger partial charge is 0.326 e. The van der Waals surface area contributed by atoms with Gasteiger partial charge in [-0.05, 0) is 5.92 Å². The van der Waals surface area contributed by atoms with Crippen molar-refractivity contribution < 1.29 is 4.79 Å². The van der Waals surface area contributed by atoms with Crippen LogP contribution in [-0.2, 0) is 0 Å². The molecule has 0 atom stereocenters. The summed E-state index contributed by atoms with van der Waals surface area (Å²) >= 11 is 1.40. The molecule has 0 saturated carbocycles. The van der Waals surface area contributed by atoms with E-state index in [1.165, 1.54) is 23.7 Å². The van der Waals surface area contributed by atoms with Crippen molar-refractivity contribution in [2.24, 2.45) is 0 Å². The highest BCUT2D eigenvalue weighted by atomic mass is 32.1. The molecule has 0 radical (unpaired) electrons. The third-order valence-electron chi connectivity index (χ3n) is 2.14. The molecule has 2 N–H and O–H groups in total. The summed E-state index contributed by atoms with van der Waals surface area (Å²) in [7, 11) is 0. The van der Waals surface area contributed by atoms with Gasteiger partial charge < -0.3 is 0 Å². The number of nitrogens with zero attached hydrogens (tertiary/aromatic N) is 3. The van der Waals surface area contributed by atoms with Crippen LogP contribution in [0.25, 0.3) is 0 Å². The van der Waals surface area contributed by atoms with E-state index >= 15 is 0 Å². The van der Waals surface area contributed by atoms with Crippen LogP contribution >= 0.6 is 11.3 Å². The topological polar surface area (TPSA) is 79.8 Å². The molecule has 0 saturated heterocycles. The van der Waals surface area contributed by atoms with Crippen molar-refractivity contribution in [3.05, 3.63) is 29.7 Å². The number of carbonyl (C=O) groups excluding carboxylic acids is 1. The van der Waals surface area contributed by atoms with Crippen LogP contribution in [-0.4, -0.2) is 21.0 Å². The number of hydrogen-bond donors (Lipinski definition) is 2. The lowest BCUT2D eigenvalue weighted by Crippen LogP contribution is -2.20. The number of urea groups is 1. The summed E-state index contributed by atoms with van der Waals surface area (Å²) in [5.74, 6) is 0.746. The highest BCUT2D eigenvalue weighted by molar-refractivity contribution is 7.13. The average molecular weight is 263 g/mol. The van der Waals surface area contributed by atoms with Gasteiger partial charge in [-0.1, -0.05) is 13.8 Å². The van der Waals surface area contributed by atoms with Crippen LogP contribution in [0.15, 0.2) is 24.0 Å². The SMILES string of the molecule is CC(C)c1csc(NC(=O)Nc2cnccn2)n1. The zero-order valence-electron chi connectivity index (χ0n) is 10.0. The summed E-state index contributed by atoms with van der Waals surface area (Å²) in [5.41, 5.74) is 0.967. The molecule has 0 bridgehead atoms. The monoisotopic (exact) mass is 263 g/mol. The van der Waals surface area contributed by atoms with Crippen LogP contribution in [0.2, 0.25) is 0 Å². The van der Waals surface area contributed by atoms with Crippen molar-refractivity contribution in [2.75, 3.05) is 10.6 Å². The fourth-order valence-corrected chi connectivity index (χ4v) is 2.08. The number of amides is 2. The minimum atomic E-state index is -0.375. The maximum Gasteiger partial charge on any atom is 0.326 e. The van der Waals surface area contributed by atoms with E-state index in [1.807, 2.05) is 5.38 Å². The Balaban J connectivity index is 1.95. The minimum Gasteiger partial charge on any atom is -0.291 e. The molecule has 0 aliphatic heterocycles. The fourth-order valence-electron chi connectivity index (χ4n) is 1.22. The Morgan fingerprint density at radius 2 is 2.17 bits per heavy atom. The third kappa shape index (κ3) is 3.24. The van der Waals surface area contributed by atoms with E-state index in [-0.39, 0.29) is 6.03 Å². The molecule has 6 nitrogen and oxygen atoms in total. The van der Waals surface area contributed by atoms with Crippen molar-refractivity contribution in [3.8, 4) is 0 Å². The molecular formula is C11H13N5OS. The van der Waals surface area contributed by atoms with Crippen LogP contribution in [0, 0.1) is 0 Å². The van der Waals surface area contributed by atoms with Gasteiger partial charge in [0.05, 0.1) is 11.9 Å². The number of carbonyl (C=O) groups is 1. The molecule has 7 heteroatoms. The lowest BCUT2D eigenvalue weighted by molar-refractivity contribution is 0.262. The first-order valence-electron chi connectivity index (χ1n) is 5.44. The second-order valence-electron chi connectivity index (χ2n) is 3.90. The first-order valence-corrected chi connectivity index (χ1v) is 6.32. The van der Waals surface area contributed by atoms with Crippen LogP contribution in [0.5, 0.6) is 0 Å². The van der Waals surface area contributed by atoms with Crippen LogP contribution in [0.3, 0.4) is 0 Å². The third-order valence-corrected chi connectivity index (χ3v) is 2.91. The van der Waals surface area contributed by atoms with Gasteiger partial charge >= 0.3 is 6.03 Å². The Morgan fingerprint density at radius 1 is 1.33 bits per heavy atom. The molecule has 0 unspecified atom stereocenters. The van der Waals surface area contributed by atoms with E-state index in [0.29, 0.717) is 16.9 Å².